The number of benzene rings is 1. The molecule has 15 heteroatoms. The zero-order valence-corrected chi connectivity index (χ0v) is 21.3. The molecule has 1 aromatic carbocycles. The molecule has 2 fully saturated rings. The van der Waals surface area contributed by atoms with Gasteiger partial charge in [0.25, 0.3) is 5.56 Å². The van der Waals surface area contributed by atoms with E-state index in [1.54, 1.807) is 13.8 Å². The van der Waals surface area contributed by atoms with Crippen LogP contribution in [0.2, 0.25) is 0 Å². The monoisotopic (exact) mass is 546 g/mol. The Morgan fingerprint density at radius 2 is 1.75 bits per heavy atom. The Labute approximate surface area is 206 Å². The molecule has 0 saturated carbocycles. The van der Waals surface area contributed by atoms with Gasteiger partial charge in [-0.05, 0) is 11.5 Å². The van der Waals surface area contributed by atoms with Gasteiger partial charge in [-0.3, -0.25) is 23.4 Å². The maximum Gasteiger partial charge on any atom is 0.479 e. The third-order valence-electron chi connectivity index (χ3n) is 5.50. The van der Waals surface area contributed by atoms with Gasteiger partial charge < -0.3 is 24.0 Å². The Balaban J connectivity index is 1.51. The third-order valence-corrected chi connectivity index (χ3v) is 9.02. The molecule has 13 nitrogen and oxygen atoms in total. The lowest BCUT2D eigenvalue weighted by atomic mass is 10.1. The van der Waals surface area contributed by atoms with E-state index < -0.39 is 64.1 Å². The predicted octanol–water partition coefficient (Wildman–Crippen LogP) is 1.76. The van der Waals surface area contributed by atoms with Crippen LogP contribution in [-0.2, 0) is 38.6 Å². The Hall–Kier alpha value is -1.92. The van der Waals surface area contributed by atoms with Crippen molar-refractivity contribution in [2.24, 2.45) is 5.92 Å². The summed E-state index contributed by atoms with van der Waals surface area (Å²) in [6, 6.07) is 10.5. The molecule has 0 aliphatic carbocycles. The summed E-state index contributed by atoms with van der Waals surface area (Å²) in [5.74, 6) is -0.262. The molecular weight excluding hydrogens is 518 g/mol. The molecule has 0 radical (unpaired) electrons. The van der Waals surface area contributed by atoms with Crippen LogP contribution in [-0.4, -0.2) is 56.7 Å². The number of hydrogen-bond acceptors (Lipinski definition) is 9. The van der Waals surface area contributed by atoms with Crippen molar-refractivity contribution in [2.45, 2.75) is 51.1 Å². The fourth-order valence-corrected chi connectivity index (χ4v) is 7.14. The normalized spacial score (nSPS) is 29.1. The van der Waals surface area contributed by atoms with E-state index in [-0.39, 0.29) is 12.1 Å². The first kappa shape index (κ1) is 27.1. The number of ether oxygens (including phenoxy) is 3. The van der Waals surface area contributed by atoms with Gasteiger partial charge in [-0.1, -0.05) is 44.2 Å². The van der Waals surface area contributed by atoms with Gasteiger partial charge in [0.05, 0.1) is 12.8 Å². The molecule has 2 aliphatic heterocycles. The summed E-state index contributed by atoms with van der Waals surface area (Å²) in [4.78, 5) is 45.9. The maximum atomic E-state index is 12.4. The van der Waals surface area contributed by atoms with Gasteiger partial charge in [0.2, 0.25) is 0 Å². The van der Waals surface area contributed by atoms with Gasteiger partial charge >= 0.3 is 21.1 Å². The number of nitrogens with zero attached hydrogens (tertiary/aromatic N) is 1. The smallest absolute Gasteiger partial charge is 0.346 e. The van der Waals surface area contributed by atoms with E-state index in [1.165, 1.54) is 6.20 Å². The van der Waals surface area contributed by atoms with Crippen molar-refractivity contribution in [3.63, 3.8) is 0 Å². The van der Waals surface area contributed by atoms with Crippen LogP contribution in [0.5, 0.6) is 0 Å². The number of rotatable bonds is 10. The minimum atomic E-state index is -4.94. The van der Waals surface area contributed by atoms with E-state index in [0.717, 1.165) is 16.2 Å². The van der Waals surface area contributed by atoms with Crippen molar-refractivity contribution in [3.05, 3.63) is 69.0 Å². The molecule has 2 saturated heterocycles. The van der Waals surface area contributed by atoms with E-state index >= 15 is 0 Å². The zero-order valence-electron chi connectivity index (χ0n) is 19.5. The molecule has 0 amide bonds. The van der Waals surface area contributed by atoms with Gasteiger partial charge in [0, 0.05) is 18.7 Å². The average molecular weight is 546 g/mol. The van der Waals surface area contributed by atoms with E-state index in [4.69, 9.17) is 18.7 Å². The van der Waals surface area contributed by atoms with Crippen molar-refractivity contribution in [2.75, 3.05) is 12.8 Å². The summed E-state index contributed by atoms with van der Waals surface area (Å²) < 4.78 is 53.0. The molecule has 7 atom stereocenters. The van der Waals surface area contributed by atoms with Crippen LogP contribution in [0.25, 0.3) is 0 Å². The van der Waals surface area contributed by atoms with Gasteiger partial charge in [-0.2, -0.15) is 0 Å². The van der Waals surface area contributed by atoms with Crippen LogP contribution < -0.4 is 11.2 Å². The van der Waals surface area contributed by atoms with E-state index in [1.807, 2.05) is 30.3 Å². The predicted molar refractivity (Wildman–Crippen MR) is 125 cm³/mol. The highest BCUT2D eigenvalue weighted by atomic mass is 31.3. The Morgan fingerprint density at radius 1 is 1.06 bits per heavy atom. The highest BCUT2D eigenvalue weighted by Gasteiger charge is 2.54. The van der Waals surface area contributed by atoms with E-state index in [2.05, 4.69) is 9.29 Å². The SMILES string of the molecule is CC(C)CP(=O)(O)OP(=O)(O)OC[C@H]1O[C@@H](n2ccc(=O)[nH]c2=O)[C@H]2OC(Cc3ccccc3)OC12. The van der Waals surface area contributed by atoms with Crippen LogP contribution in [0.3, 0.4) is 0 Å². The summed E-state index contributed by atoms with van der Waals surface area (Å²) >= 11 is 0. The number of nitrogens with one attached hydrogen (secondary N) is 1. The second-order valence-electron chi connectivity index (χ2n) is 8.96. The number of phosphoric acid groups is 1. The number of aromatic amines is 1. The standard InChI is InChI=1S/C21H28N2O11P2/c1-13(2)12-35(26,27)34-36(28,29)30-11-15-18-19(20(31-15)23-9-8-16(24)22-21(23)25)33-17(32-18)10-14-6-4-3-5-7-14/h3-9,13,15,17-20H,10-12H2,1-2H3,(H,26,27)(H,28,29)(H,22,24,25)/t15-,17?,18?,19+,20-/m1/s1. The summed E-state index contributed by atoms with van der Waals surface area (Å²) in [7, 11) is -9.33. The van der Waals surface area contributed by atoms with Crippen LogP contribution in [0.15, 0.2) is 52.2 Å². The third kappa shape index (κ3) is 6.69. The Bertz CT molecular complexity index is 1260. The van der Waals surface area contributed by atoms with Crippen molar-refractivity contribution in [1.29, 1.82) is 0 Å². The molecule has 3 N–H and O–H groups in total. The second kappa shape index (κ2) is 10.8. The minimum absolute atomic E-state index is 0.262. The summed E-state index contributed by atoms with van der Waals surface area (Å²) in [6.45, 7) is 2.75. The molecule has 198 valence electrons. The summed E-state index contributed by atoms with van der Waals surface area (Å²) in [5, 5.41) is 0. The molecule has 36 heavy (non-hydrogen) atoms. The quantitative estimate of drug-likeness (QED) is 0.370. The van der Waals surface area contributed by atoms with E-state index in [0.29, 0.717) is 6.42 Å². The average Bonchev–Trinajstić information content (AvgIpc) is 3.30. The lowest BCUT2D eigenvalue weighted by molar-refractivity contribution is -0.150. The highest BCUT2D eigenvalue weighted by molar-refractivity contribution is 7.64. The van der Waals surface area contributed by atoms with Crippen LogP contribution in [0.1, 0.15) is 25.6 Å². The summed E-state index contributed by atoms with van der Waals surface area (Å²) in [6.07, 6.45) is -3.10. The van der Waals surface area contributed by atoms with E-state index in [9.17, 15) is 28.5 Å². The first-order valence-corrected chi connectivity index (χ1v) is 14.5. The van der Waals surface area contributed by atoms with Crippen molar-refractivity contribution < 1.29 is 42.0 Å². The van der Waals surface area contributed by atoms with Crippen molar-refractivity contribution in [3.8, 4) is 0 Å². The molecule has 4 unspecified atom stereocenters. The molecule has 2 aliphatic rings. The first-order chi connectivity index (χ1) is 16.9. The molecule has 0 spiro atoms. The van der Waals surface area contributed by atoms with Gasteiger partial charge in [-0.15, -0.1) is 0 Å². The molecule has 4 rings (SSSR count). The molecule has 2 aromatic rings. The maximum absolute atomic E-state index is 12.4. The van der Waals surface area contributed by atoms with Crippen LogP contribution in [0, 0.1) is 5.92 Å². The molecule has 3 heterocycles. The number of phosphoric ester groups is 1. The zero-order chi connectivity index (χ0) is 26.1. The van der Waals surface area contributed by atoms with Crippen LogP contribution >= 0.6 is 15.4 Å². The lowest BCUT2D eigenvalue weighted by Crippen LogP contribution is -2.36. The number of H-pyrrole nitrogens is 1. The van der Waals surface area contributed by atoms with Crippen LogP contribution in [0.4, 0.5) is 0 Å². The van der Waals surface area contributed by atoms with Gasteiger partial charge in [-0.25, -0.2) is 13.7 Å². The lowest BCUT2D eigenvalue weighted by Gasteiger charge is -2.22. The number of aromatic nitrogens is 2. The Kier molecular flexibility index (Phi) is 8.16. The molecular formula is C21H28N2O11P2. The number of fused-ring (bicyclic) bond motifs is 1. The van der Waals surface area contributed by atoms with Gasteiger partial charge in [0.1, 0.15) is 18.3 Å². The molecule has 0 bridgehead atoms. The van der Waals surface area contributed by atoms with Crippen molar-refractivity contribution in [1.82, 2.24) is 9.55 Å². The fraction of sp³-hybridized carbons (Fsp3) is 0.524. The second-order valence-corrected chi connectivity index (χ2v) is 12.5. The molecule has 1 aromatic heterocycles. The topological polar surface area (TPSA) is 176 Å². The summed E-state index contributed by atoms with van der Waals surface area (Å²) in [5.41, 5.74) is -0.399. The number of hydrogen-bond donors (Lipinski definition) is 3. The van der Waals surface area contributed by atoms with Crippen molar-refractivity contribution >= 4 is 15.4 Å². The minimum Gasteiger partial charge on any atom is -0.346 e. The largest absolute Gasteiger partial charge is 0.479 e. The fourth-order valence-electron chi connectivity index (χ4n) is 4.14. The first-order valence-electron chi connectivity index (χ1n) is 11.2. The highest BCUT2D eigenvalue weighted by Crippen LogP contribution is 2.60. The Morgan fingerprint density at radius 3 is 2.42 bits per heavy atom. The van der Waals surface area contributed by atoms with Gasteiger partial charge in [0.15, 0.2) is 12.5 Å².